The number of methoxy groups -OCH3 is 1. The number of hydrogen-bond donors (Lipinski definition) is 1. The highest BCUT2D eigenvalue weighted by molar-refractivity contribution is 6.31. The van der Waals surface area contributed by atoms with Gasteiger partial charge in [0.2, 0.25) is 17.7 Å². The number of carbonyl (C=O) groups excluding carboxylic acids is 4. The summed E-state index contributed by atoms with van der Waals surface area (Å²) in [5.74, 6) is -3.63. The van der Waals surface area contributed by atoms with Crippen molar-refractivity contribution >= 4 is 41.0 Å². The molecule has 1 N–H and O–H groups in total. The smallest absolute Gasteiger partial charge is 0.307 e. The van der Waals surface area contributed by atoms with E-state index >= 15 is 0 Å². The van der Waals surface area contributed by atoms with Crippen molar-refractivity contribution in [2.24, 2.45) is 11.8 Å². The van der Waals surface area contributed by atoms with E-state index in [2.05, 4.69) is 5.32 Å². The number of rotatable bonds is 4. The molecule has 0 aliphatic carbocycles. The van der Waals surface area contributed by atoms with Crippen molar-refractivity contribution in [3.8, 4) is 0 Å². The maximum absolute atomic E-state index is 13.8. The summed E-state index contributed by atoms with van der Waals surface area (Å²) in [6.07, 6.45) is 1.12. The van der Waals surface area contributed by atoms with Gasteiger partial charge in [0.15, 0.2) is 0 Å². The van der Waals surface area contributed by atoms with Crippen LogP contribution in [0.3, 0.4) is 0 Å². The number of hydrogen-bond acceptors (Lipinski definition) is 7. The fraction of sp³-hybridized carbons (Fsp3) is 0.364. The lowest BCUT2D eigenvalue weighted by Gasteiger charge is -2.44. The Morgan fingerprint density at radius 1 is 1.22 bits per heavy atom. The molecule has 0 radical (unpaired) electrons. The third-order valence-corrected chi connectivity index (χ3v) is 6.90. The molecule has 3 saturated heterocycles. The van der Waals surface area contributed by atoms with Crippen LogP contribution in [0.1, 0.15) is 18.2 Å². The Morgan fingerprint density at radius 2 is 1.97 bits per heavy atom. The highest BCUT2D eigenvalue weighted by Gasteiger charge is 2.73. The van der Waals surface area contributed by atoms with Gasteiger partial charge in [-0.15, -0.1) is 0 Å². The van der Waals surface area contributed by atoms with Gasteiger partial charge in [0.25, 0.3) is 0 Å². The van der Waals surface area contributed by atoms with Crippen LogP contribution in [-0.2, 0) is 23.9 Å². The zero-order chi connectivity index (χ0) is 22.6. The van der Waals surface area contributed by atoms with Crippen molar-refractivity contribution in [3.05, 3.63) is 53.4 Å². The number of furan rings is 1. The number of esters is 1. The first-order chi connectivity index (χ1) is 15.4. The number of nitrogens with one attached hydrogen (secondary N) is 1. The normalized spacial score (nSPS) is 29.6. The van der Waals surface area contributed by atoms with Gasteiger partial charge >= 0.3 is 5.97 Å². The number of nitrogens with zero attached hydrogens (tertiary/aromatic N) is 2. The van der Waals surface area contributed by atoms with Gasteiger partial charge in [-0.05, 0) is 36.4 Å². The Morgan fingerprint density at radius 3 is 2.62 bits per heavy atom. The Hall–Kier alpha value is -3.17. The van der Waals surface area contributed by atoms with Gasteiger partial charge < -0.3 is 14.5 Å². The molecule has 10 heteroatoms. The summed E-state index contributed by atoms with van der Waals surface area (Å²) in [6.45, 7) is 0.671. The largest absolute Gasteiger partial charge is 0.469 e. The van der Waals surface area contributed by atoms with E-state index in [4.69, 9.17) is 20.8 Å². The SMILES string of the molecule is COC(=O)C[C@]12C(=O)NCCN1[C@H](c1ccco1)[C@@H]1C(=O)N(c3ccc(Cl)cc3)C(=O)[C@@H]12. The number of halogens is 1. The first kappa shape index (κ1) is 20.7. The van der Waals surface area contributed by atoms with E-state index in [9.17, 15) is 19.2 Å². The second-order valence-corrected chi connectivity index (χ2v) is 8.51. The molecule has 3 amide bonds. The number of piperazine rings is 1. The first-order valence-corrected chi connectivity index (χ1v) is 10.6. The number of ether oxygens (including phenoxy) is 1. The molecular weight excluding hydrogens is 438 g/mol. The van der Waals surface area contributed by atoms with E-state index in [1.807, 2.05) is 0 Å². The van der Waals surface area contributed by atoms with Crippen LogP contribution in [0.15, 0.2) is 47.1 Å². The number of carbonyl (C=O) groups is 4. The molecule has 2 aromatic rings. The molecule has 4 atom stereocenters. The topological polar surface area (TPSA) is 109 Å². The van der Waals surface area contributed by atoms with Crippen LogP contribution in [0.4, 0.5) is 5.69 Å². The Kier molecular flexibility index (Phi) is 4.83. The van der Waals surface area contributed by atoms with Crippen molar-refractivity contribution < 1.29 is 28.3 Å². The molecule has 32 heavy (non-hydrogen) atoms. The zero-order valence-electron chi connectivity index (χ0n) is 17.1. The van der Waals surface area contributed by atoms with Crippen LogP contribution in [0.25, 0.3) is 0 Å². The van der Waals surface area contributed by atoms with Gasteiger partial charge in [-0.2, -0.15) is 0 Å². The van der Waals surface area contributed by atoms with Crippen LogP contribution >= 0.6 is 11.6 Å². The second-order valence-electron chi connectivity index (χ2n) is 8.08. The van der Waals surface area contributed by atoms with Crippen LogP contribution in [-0.4, -0.2) is 54.3 Å². The van der Waals surface area contributed by atoms with E-state index < -0.39 is 47.1 Å². The van der Waals surface area contributed by atoms with E-state index in [1.165, 1.54) is 13.4 Å². The predicted octanol–water partition coefficient (Wildman–Crippen LogP) is 1.53. The molecule has 1 aromatic heterocycles. The molecule has 5 rings (SSSR count). The lowest BCUT2D eigenvalue weighted by atomic mass is 9.76. The third kappa shape index (κ3) is 2.74. The van der Waals surface area contributed by atoms with Crippen molar-refractivity contribution in [2.45, 2.75) is 18.0 Å². The summed E-state index contributed by atoms with van der Waals surface area (Å²) >= 11 is 5.97. The van der Waals surface area contributed by atoms with Crippen LogP contribution in [0.5, 0.6) is 0 Å². The molecule has 3 aliphatic heterocycles. The first-order valence-electron chi connectivity index (χ1n) is 10.2. The average Bonchev–Trinajstić information content (AvgIpc) is 3.46. The highest BCUT2D eigenvalue weighted by Crippen LogP contribution is 2.57. The molecule has 9 nitrogen and oxygen atoms in total. The lowest BCUT2D eigenvalue weighted by Crippen LogP contribution is -2.67. The Bertz CT molecular complexity index is 1100. The molecule has 4 heterocycles. The minimum Gasteiger partial charge on any atom is -0.469 e. The Balaban J connectivity index is 1.69. The van der Waals surface area contributed by atoms with E-state index in [-0.39, 0.29) is 6.42 Å². The van der Waals surface area contributed by atoms with Gasteiger partial charge in [-0.1, -0.05) is 11.6 Å². The van der Waals surface area contributed by atoms with E-state index in [0.717, 1.165) is 4.90 Å². The zero-order valence-corrected chi connectivity index (χ0v) is 17.9. The van der Waals surface area contributed by atoms with Crippen molar-refractivity contribution in [1.29, 1.82) is 0 Å². The van der Waals surface area contributed by atoms with Crippen molar-refractivity contribution in [1.82, 2.24) is 10.2 Å². The standard InChI is InChI=1S/C22H20ClN3O6/c1-31-15(27)11-22-17-16(19(28)26(20(17)29)13-6-4-12(23)5-7-13)18(14-3-2-10-32-14)25(22)9-8-24-21(22)30/h2-7,10,16-18H,8-9,11H2,1H3,(H,24,30)/t16-,17-,18-,22+/m1/s1. The highest BCUT2D eigenvalue weighted by atomic mass is 35.5. The molecule has 0 saturated carbocycles. The molecule has 1 aromatic carbocycles. The number of fused-ring (bicyclic) bond motifs is 3. The van der Waals surface area contributed by atoms with Crippen LogP contribution in [0, 0.1) is 11.8 Å². The summed E-state index contributed by atoms with van der Waals surface area (Å²) in [4.78, 5) is 56.1. The summed E-state index contributed by atoms with van der Waals surface area (Å²) in [5, 5.41) is 3.24. The molecule has 3 aliphatic rings. The van der Waals surface area contributed by atoms with Crippen molar-refractivity contribution in [3.63, 3.8) is 0 Å². The third-order valence-electron chi connectivity index (χ3n) is 6.65. The maximum atomic E-state index is 13.8. The monoisotopic (exact) mass is 457 g/mol. The second kappa shape index (κ2) is 7.46. The lowest BCUT2D eigenvalue weighted by molar-refractivity contribution is -0.154. The molecule has 3 fully saturated rings. The summed E-state index contributed by atoms with van der Waals surface area (Å²) in [5.41, 5.74) is -1.21. The van der Waals surface area contributed by atoms with Gasteiger partial charge in [0, 0.05) is 18.1 Å². The molecule has 0 unspecified atom stereocenters. The minimum absolute atomic E-state index is 0.321. The summed E-state index contributed by atoms with van der Waals surface area (Å²) in [6, 6.07) is 9.04. The average molecular weight is 458 g/mol. The van der Waals surface area contributed by atoms with Crippen LogP contribution < -0.4 is 10.2 Å². The van der Waals surface area contributed by atoms with E-state index in [1.54, 1.807) is 41.3 Å². The van der Waals surface area contributed by atoms with Crippen molar-refractivity contribution in [2.75, 3.05) is 25.1 Å². The van der Waals surface area contributed by atoms with Crippen LogP contribution in [0.2, 0.25) is 5.02 Å². The molecule has 0 spiro atoms. The van der Waals surface area contributed by atoms with Gasteiger partial charge in [0.1, 0.15) is 11.3 Å². The number of anilines is 1. The van der Waals surface area contributed by atoms with E-state index in [0.29, 0.717) is 29.6 Å². The van der Waals surface area contributed by atoms with Gasteiger partial charge in [-0.25, -0.2) is 4.90 Å². The summed E-state index contributed by atoms with van der Waals surface area (Å²) < 4.78 is 10.5. The number of amides is 3. The fourth-order valence-corrected chi connectivity index (χ4v) is 5.53. The fourth-order valence-electron chi connectivity index (χ4n) is 5.40. The summed E-state index contributed by atoms with van der Waals surface area (Å²) in [7, 11) is 1.22. The quantitative estimate of drug-likeness (QED) is 0.547. The number of imide groups is 1. The van der Waals surface area contributed by atoms with Gasteiger partial charge in [-0.3, -0.25) is 24.1 Å². The maximum Gasteiger partial charge on any atom is 0.307 e. The molecule has 0 bridgehead atoms. The predicted molar refractivity (Wildman–Crippen MR) is 111 cm³/mol. The number of benzene rings is 1. The molecular formula is C22H20ClN3O6. The minimum atomic E-state index is -1.57. The Labute approximate surface area is 188 Å². The van der Waals surface area contributed by atoms with Gasteiger partial charge in [0.05, 0.1) is 43.4 Å². The molecule has 166 valence electrons.